The smallest absolute Gasteiger partial charge is 0.252 e. The number of benzene rings is 2. The van der Waals surface area contributed by atoms with E-state index in [4.69, 9.17) is 16.3 Å². The Labute approximate surface area is 198 Å². The van der Waals surface area contributed by atoms with E-state index in [0.29, 0.717) is 28.3 Å². The van der Waals surface area contributed by atoms with Crippen molar-refractivity contribution in [1.29, 1.82) is 0 Å². The number of nitrogens with one attached hydrogen (secondary N) is 1. The summed E-state index contributed by atoms with van der Waals surface area (Å²) in [6.45, 7) is 6.02. The van der Waals surface area contributed by atoms with Gasteiger partial charge in [-0.1, -0.05) is 35.9 Å². The van der Waals surface area contributed by atoms with Gasteiger partial charge < -0.3 is 15.0 Å². The van der Waals surface area contributed by atoms with Crippen LogP contribution in [0.4, 0.5) is 5.82 Å². The Morgan fingerprint density at radius 1 is 1.00 bits per heavy atom. The molecule has 6 nitrogen and oxygen atoms in total. The number of carbonyl (C=O) groups is 2. The molecule has 3 aromatic rings. The van der Waals surface area contributed by atoms with Gasteiger partial charge in [-0.3, -0.25) is 9.59 Å². The van der Waals surface area contributed by atoms with Crippen LogP contribution < -0.4 is 10.2 Å². The summed E-state index contributed by atoms with van der Waals surface area (Å²) >= 11 is 5.92. The molecular formula is C26H26ClN3O3. The van der Waals surface area contributed by atoms with E-state index in [0.717, 1.165) is 24.5 Å². The Hall–Kier alpha value is -3.22. The minimum absolute atomic E-state index is 0.158. The lowest BCUT2D eigenvalue weighted by molar-refractivity contribution is -0.00546. The van der Waals surface area contributed by atoms with Crippen LogP contribution in [0.5, 0.6) is 0 Å². The highest BCUT2D eigenvalue weighted by atomic mass is 35.5. The zero-order valence-corrected chi connectivity index (χ0v) is 19.4. The molecule has 0 saturated carbocycles. The van der Waals surface area contributed by atoms with Gasteiger partial charge in [-0.15, -0.1) is 0 Å². The number of aromatic nitrogens is 1. The molecule has 1 aromatic heterocycles. The fourth-order valence-corrected chi connectivity index (χ4v) is 4.11. The molecule has 0 spiro atoms. The van der Waals surface area contributed by atoms with Crippen molar-refractivity contribution in [1.82, 2.24) is 10.3 Å². The fraction of sp³-hybridized carbons (Fsp3) is 0.269. The molecule has 7 heteroatoms. The molecule has 1 fully saturated rings. The van der Waals surface area contributed by atoms with Crippen molar-refractivity contribution in [2.75, 3.05) is 18.0 Å². The second kappa shape index (κ2) is 10.1. The SMILES string of the molecule is CC1CN(c2ccc(CNC(=O)c3ccccc3C(=O)c3ccc(Cl)cc3)cn2)CC(C)O1. The summed E-state index contributed by atoms with van der Waals surface area (Å²) in [7, 11) is 0. The molecule has 2 unspecified atom stereocenters. The first-order chi connectivity index (χ1) is 15.9. The number of hydrogen-bond donors (Lipinski definition) is 1. The molecule has 1 saturated heterocycles. The summed E-state index contributed by atoms with van der Waals surface area (Å²) in [5, 5.41) is 3.45. The number of carbonyl (C=O) groups excluding carboxylic acids is 2. The van der Waals surface area contributed by atoms with Gasteiger partial charge in [0, 0.05) is 42.0 Å². The van der Waals surface area contributed by atoms with Crippen molar-refractivity contribution < 1.29 is 14.3 Å². The van der Waals surface area contributed by atoms with E-state index in [1.165, 1.54) is 0 Å². The monoisotopic (exact) mass is 463 g/mol. The van der Waals surface area contributed by atoms with Gasteiger partial charge in [-0.2, -0.15) is 0 Å². The van der Waals surface area contributed by atoms with Gasteiger partial charge in [0.05, 0.1) is 17.8 Å². The Morgan fingerprint density at radius 3 is 2.30 bits per heavy atom. The van der Waals surface area contributed by atoms with Crippen molar-refractivity contribution in [3.8, 4) is 0 Å². The van der Waals surface area contributed by atoms with Gasteiger partial charge in [0.25, 0.3) is 5.91 Å². The van der Waals surface area contributed by atoms with E-state index in [2.05, 4.69) is 29.0 Å². The fourth-order valence-electron chi connectivity index (χ4n) is 3.99. The van der Waals surface area contributed by atoms with Crippen molar-refractivity contribution in [2.45, 2.75) is 32.6 Å². The molecule has 0 bridgehead atoms. The van der Waals surface area contributed by atoms with Gasteiger partial charge in [0.15, 0.2) is 5.78 Å². The van der Waals surface area contributed by atoms with E-state index < -0.39 is 0 Å². The Kier molecular flexibility index (Phi) is 7.06. The highest BCUT2D eigenvalue weighted by molar-refractivity contribution is 6.30. The Balaban J connectivity index is 1.42. The molecule has 1 N–H and O–H groups in total. The predicted octanol–water partition coefficient (Wildman–Crippen LogP) is 4.51. The third kappa shape index (κ3) is 5.59. The minimum atomic E-state index is -0.312. The molecule has 33 heavy (non-hydrogen) atoms. The minimum Gasteiger partial charge on any atom is -0.372 e. The van der Waals surface area contributed by atoms with Gasteiger partial charge in [-0.25, -0.2) is 4.98 Å². The summed E-state index contributed by atoms with van der Waals surface area (Å²) in [4.78, 5) is 32.6. The van der Waals surface area contributed by atoms with Gasteiger partial charge in [0.2, 0.25) is 0 Å². The number of amides is 1. The lowest BCUT2D eigenvalue weighted by atomic mass is 9.98. The van der Waals surface area contributed by atoms with E-state index in [1.54, 1.807) is 54.7 Å². The number of halogens is 1. The van der Waals surface area contributed by atoms with Crippen LogP contribution >= 0.6 is 11.6 Å². The largest absolute Gasteiger partial charge is 0.372 e. The van der Waals surface area contributed by atoms with Crippen LogP contribution in [-0.4, -0.2) is 42.0 Å². The number of ketones is 1. The maximum absolute atomic E-state index is 12.9. The lowest BCUT2D eigenvalue weighted by Crippen LogP contribution is -2.45. The topological polar surface area (TPSA) is 71.5 Å². The number of ether oxygens (including phenoxy) is 1. The van der Waals surface area contributed by atoms with Crippen molar-refractivity contribution in [3.05, 3.63) is 94.1 Å². The third-order valence-corrected chi connectivity index (χ3v) is 5.78. The Morgan fingerprint density at radius 2 is 1.67 bits per heavy atom. The maximum Gasteiger partial charge on any atom is 0.252 e. The molecular weight excluding hydrogens is 438 g/mol. The van der Waals surface area contributed by atoms with E-state index in [1.807, 2.05) is 12.1 Å². The van der Waals surface area contributed by atoms with Crippen LogP contribution in [0.15, 0.2) is 66.9 Å². The normalized spacial score (nSPS) is 18.1. The van der Waals surface area contributed by atoms with Gasteiger partial charge in [-0.05, 0) is 55.8 Å². The summed E-state index contributed by atoms with van der Waals surface area (Å²) < 4.78 is 5.78. The Bertz CT molecular complexity index is 1120. The summed E-state index contributed by atoms with van der Waals surface area (Å²) in [5.74, 6) is 0.358. The number of hydrogen-bond acceptors (Lipinski definition) is 5. The molecule has 0 aliphatic carbocycles. The summed E-state index contributed by atoms with van der Waals surface area (Å²) in [6, 6.07) is 17.4. The van der Waals surface area contributed by atoms with Crippen LogP contribution in [-0.2, 0) is 11.3 Å². The zero-order valence-electron chi connectivity index (χ0n) is 18.6. The van der Waals surface area contributed by atoms with Gasteiger partial charge in [0.1, 0.15) is 5.82 Å². The standard InChI is InChI=1S/C26H26ClN3O3/c1-17-15-30(16-18(2)33-17)24-12-7-19(13-28-24)14-29-26(32)23-6-4-3-5-22(23)25(31)20-8-10-21(27)11-9-20/h3-13,17-18H,14-16H2,1-2H3,(H,29,32). The molecule has 1 aliphatic heterocycles. The average molecular weight is 464 g/mol. The van der Waals surface area contributed by atoms with Crippen LogP contribution in [0.25, 0.3) is 0 Å². The number of nitrogens with zero attached hydrogens (tertiary/aromatic N) is 2. The summed E-state index contributed by atoms with van der Waals surface area (Å²) in [6.07, 6.45) is 2.08. The highest BCUT2D eigenvalue weighted by Crippen LogP contribution is 2.19. The van der Waals surface area contributed by atoms with Crippen molar-refractivity contribution in [2.24, 2.45) is 0 Å². The van der Waals surface area contributed by atoms with Crippen LogP contribution in [0.2, 0.25) is 5.02 Å². The number of rotatable bonds is 6. The predicted molar refractivity (Wildman–Crippen MR) is 129 cm³/mol. The van der Waals surface area contributed by atoms with E-state index in [-0.39, 0.29) is 23.9 Å². The van der Waals surface area contributed by atoms with E-state index in [9.17, 15) is 9.59 Å². The third-order valence-electron chi connectivity index (χ3n) is 5.53. The molecule has 2 atom stereocenters. The molecule has 2 heterocycles. The molecule has 170 valence electrons. The lowest BCUT2D eigenvalue weighted by Gasteiger charge is -2.36. The molecule has 1 amide bonds. The number of anilines is 1. The summed E-state index contributed by atoms with van der Waals surface area (Å²) in [5.41, 5.74) is 2.04. The van der Waals surface area contributed by atoms with Crippen molar-refractivity contribution in [3.63, 3.8) is 0 Å². The van der Waals surface area contributed by atoms with E-state index >= 15 is 0 Å². The molecule has 1 aliphatic rings. The molecule has 4 rings (SSSR count). The first-order valence-electron chi connectivity index (χ1n) is 10.9. The average Bonchev–Trinajstić information content (AvgIpc) is 2.82. The number of pyridine rings is 1. The van der Waals surface area contributed by atoms with Crippen molar-refractivity contribution >= 4 is 29.1 Å². The second-order valence-corrected chi connectivity index (χ2v) is 8.69. The maximum atomic E-state index is 12.9. The first kappa shape index (κ1) is 23.0. The molecule has 0 radical (unpaired) electrons. The van der Waals surface area contributed by atoms with Crippen LogP contribution in [0, 0.1) is 0 Å². The molecule has 2 aromatic carbocycles. The van der Waals surface area contributed by atoms with Crippen LogP contribution in [0.3, 0.4) is 0 Å². The first-order valence-corrected chi connectivity index (χ1v) is 11.3. The number of morpholine rings is 1. The zero-order chi connectivity index (χ0) is 23.4. The second-order valence-electron chi connectivity index (χ2n) is 8.25. The van der Waals surface area contributed by atoms with Crippen LogP contribution in [0.1, 0.15) is 45.7 Å². The highest BCUT2D eigenvalue weighted by Gasteiger charge is 2.23. The quantitative estimate of drug-likeness (QED) is 0.544. The van der Waals surface area contributed by atoms with Gasteiger partial charge >= 0.3 is 0 Å².